The van der Waals surface area contributed by atoms with Gasteiger partial charge in [0.15, 0.2) is 0 Å². The molecule has 1 N–H and O–H groups in total. The van der Waals surface area contributed by atoms with E-state index in [1.807, 2.05) is 12.3 Å². The maximum Gasteiger partial charge on any atom is 0.147 e. The van der Waals surface area contributed by atoms with Gasteiger partial charge in [0.2, 0.25) is 0 Å². The number of hydrogen-bond donors (Lipinski definition) is 1. The summed E-state index contributed by atoms with van der Waals surface area (Å²) >= 11 is 5.83. The standard InChI is InChI=1S/C18H18ClFN4/c19-14-3-4-17(16(20)10-14)24-8-6-23(7-9-24)12-13-11-22-18-15(13)2-1-5-21-18/h1-5,10-11H,6-9,12H2,(H,21,22). The van der Waals surface area contributed by atoms with Gasteiger partial charge in [-0.05, 0) is 35.9 Å². The number of anilines is 1. The molecule has 0 atom stereocenters. The number of piperazine rings is 1. The number of fused-ring (bicyclic) bond motifs is 1. The zero-order valence-corrected chi connectivity index (χ0v) is 13.9. The number of nitrogens with one attached hydrogen (secondary N) is 1. The predicted molar refractivity (Wildman–Crippen MR) is 95.0 cm³/mol. The van der Waals surface area contributed by atoms with Crippen LogP contribution in [0.5, 0.6) is 0 Å². The van der Waals surface area contributed by atoms with E-state index < -0.39 is 0 Å². The van der Waals surface area contributed by atoms with Gasteiger partial charge in [0.05, 0.1) is 5.69 Å². The molecule has 1 fully saturated rings. The molecule has 1 aromatic carbocycles. The Labute approximate surface area is 144 Å². The van der Waals surface area contributed by atoms with Crippen molar-refractivity contribution < 1.29 is 4.39 Å². The lowest BCUT2D eigenvalue weighted by molar-refractivity contribution is 0.250. The number of benzene rings is 1. The second kappa shape index (κ2) is 6.42. The smallest absolute Gasteiger partial charge is 0.147 e. The van der Waals surface area contributed by atoms with E-state index in [4.69, 9.17) is 11.6 Å². The fourth-order valence-electron chi connectivity index (χ4n) is 3.27. The molecule has 0 radical (unpaired) electrons. The highest BCUT2D eigenvalue weighted by molar-refractivity contribution is 6.30. The Morgan fingerprint density at radius 2 is 2.00 bits per heavy atom. The van der Waals surface area contributed by atoms with Crippen LogP contribution in [0, 0.1) is 5.82 Å². The molecule has 0 spiro atoms. The fraction of sp³-hybridized carbons (Fsp3) is 0.278. The molecule has 6 heteroatoms. The molecule has 0 bridgehead atoms. The summed E-state index contributed by atoms with van der Waals surface area (Å²) in [7, 11) is 0. The first kappa shape index (κ1) is 15.4. The van der Waals surface area contributed by atoms with Crippen LogP contribution in [0.2, 0.25) is 5.02 Å². The summed E-state index contributed by atoms with van der Waals surface area (Å²) in [5.74, 6) is -0.251. The van der Waals surface area contributed by atoms with Crippen LogP contribution in [0.4, 0.5) is 10.1 Å². The molecule has 4 nitrogen and oxygen atoms in total. The van der Waals surface area contributed by atoms with Crippen molar-refractivity contribution >= 4 is 28.3 Å². The van der Waals surface area contributed by atoms with Crippen molar-refractivity contribution in [1.29, 1.82) is 0 Å². The molecule has 3 aromatic rings. The van der Waals surface area contributed by atoms with Gasteiger partial charge in [0.1, 0.15) is 11.5 Å². The first-order chi connectivity index (χ1) is 11.7. The number of nitrogens with zero attached hydrogens (tertiary/aromatic N) is 3. The number of aromatic nitrogens is 2. The third-order valence-corrected chi connectivity index (χ3v) is 4.79. The lowest BCUT2D eigenvalue weighted by Crippen LogP contribution is -2.46. The van der Waals surface area contributed by atoms with Crippen molar-refractivity contribution in [2.45, 2.75) is 6.54 Å². The van der Waals surface area contributed by atoms with Gasteiger partial charge in [-0.15, -0.1) is 0 Å². The first-order valence-electron chi connectivity index (χ1n) is 8.04. The van der Waals surface area contributed by atoms with Gasteiger partial charge in [-0.2, -0.15) is 0 Å². The lowest BCUT2D eigenvalue weighted by Gasteiger charge is -2.36. The Hall–Kier alpha value is -2.11. The molecular formula is C18H18ClFN4. The minimum absolute atomic E-state index is 0.251. The third kappa shape index (κ3) is 2.97. The van der Waals surface area contributed by atoms with Crippen molar-refractivity contribution in [3.8, 4) is 0 Å². The van der Waals surface area contributed by atoms with Gasteiger partial charge in [-0.25, -0.2) is 9.37 Å². The zero-order valence-electron chi connectivity index (χ0n) is 13.2. The summed E-state index contributed by atoms with van der Waals surface area (Å²) in [6, 6.07) is 8.93. The maximum atomic E-state index is 14.1. The van der Waals surface area contributed by atoms with Gasteiger partial charge in [0, 0.05) is 55.5 Å². The van der Waals surface area contributed by atoms with Crippen molar-refractivity contribution in [2.75, 3.05) is 31.1 Å². The Morgan fingerprint density at radius 1 is 1.17 bits per heavy atom. The van der Waals surface area contributed by atoms with E-state index in [9.17, 15) is 4.39 Å². The van der Waals surface area contributed by atoms with Crippen LogP contribution in [0.25, 0.3) is 11.0 Å². The average molecular weight is 345 g/mol. The molecule has 3 heterocycles. The summed E-state index contributed by atoms with van der Waals surface area (Å²) < 4.78 is 14.1. The van der Waals surface area contributed by atoms with E-state index in [1.165, 1.54) is 17.0 Å². The second-order valence-corrected chi connectivity index (χ2v) is 6.51. The molecule has 0 unspecified atom stereocenters. The van der Waals surface area contributed by atoms with Crippen LogP contribution < -0.4 is 4.90 Å². The van der Waals surface area contributed by atoms with E-state index in [2.05, 4.69) is 25.8 Å². The summed E-state index contributed by atoms with van der Waals surface area (Å²) in [5, 5.41) is 1.60. The lowest BCUT2D eigenvalue weighted by atomic mass is 10.2. The van der Waals surface area contributed by atoms with Gasteiger partial charge in [0.25, 0.3) is 0 Å². The minimum atomic E-state index is -0.251. The van der Waals surface area contributed by atoms with Gasteiger partial charge in [-0.3, -0.25) is 4.90 Å². The Morgan fingerprint density at radius 3 is 2.79 bits per heavy atom. The van der Waals surface area contributed by atoms with Crippen LogP contribution in [0.3, 0.4) is 0 Å². The Balaban J connectivity index is 1.43. The van der Waals surface area contributed by atoms with Gasteiger partial charge in [-0.1, -0.05) is 11.6 Å². The molecule has 0 aliphatic carbocycles. The van der Waals surface area contributed by atoms with E-state index in [0.717, 1.165) is 38.4 Å². The van der Waals surface area contributed by atoms with Crippen LogP contribution in [-0.4, -0.2) is 41.0 Å². The largest absolute Gasteiger partial charge is 0.367 e. The van der Waals surface area contributed by atoms with Crippen LogP contribution in [0.1, 0.15) is 5.56 Å². The van der Waals surface area contributed by atoms with E-state index in [1.54, 1.807) is 18.3 Å². The number of aromatic amines is 1. The number of pyridine rings is 1. The van der Waals surface area contributed by atoms with Crippen molar-refractivity contribution in [2.24, 2.45) is 0 Å². The topological polar surface area (TPSA) is 35.2 Å². The molecule has 124 valence electrons. The molecule has 24 heavy (non-hydrogen) atoms. The molecule has 0 amide bonds. The van der Waals surface area contributed by atoms with Crippen LogP contribution >= 0.6 is 11.6 Å². The molecule has 1 aliphatic rings. The molecule has 1 saturated heterocycles. The number of hydrogen-bond acceptors (Lipinski definition) is 3. The second-order valence-electron chi connectivity index (χ2n) is 6.07. The van der Waals surface area contributed by atoms with E-state index in [-0.39, 0.29) is 5.82 Å². The third-order valence-electron chi connectivity index (χ3n) is 4.55. The SMILES string of the molecule is Fc1cc(Cl)ccc1N1CCN(Cc2c[nH]c3ncccc23)CC1. The summed E-state index contributed by atoms with van der Waals surface area (Å²) in [6.45, 7) is 4.28. The van der Waals surface area contributed by atoms with Crippen molar-refractivity contribution in [3.05, 3.63) is 59.1 Å². The number of halogens is 2. The van der Waals surface area contributed by atoms with Crippen molar-refractivity contribution in [1.82, 2.24) is 14.9 Å². The zero-order chi connectivity index (χ0) is 16.5. The summed E-state index contributed by atoms with van der Waals surface area (Å²) in [4.78, 5) is 12.0. The molecule has 1 aliphatic heterocycles. The monoisotopic (exact) mass is 344 g/mol. The summed E-state index contributed by atoms with van der Waals surface area (Å²) in [6.07, 6.45) is 3.82. The van der Waals surface area contributed by atoms with Gasteiger partial charge < -0.3 is 9.88 Å². The fourth-order valence-corrected chi connectivity index (χ4v) is 3.43. The highest BCUT2D eigenvalue weighted by Crippen LogP contribution is 2.25. The van der Waals surface area contributed by atoms with E-state index in [0.29, 0.717) is 10.7 Å². The quantitative estimate of drug-likeness (QED) is 0.787. The molecule has 0 saturated carbocycles. The molecular weight excluding hydrogens is 327 g/mol. The minimum Gasteiger partial charge on any atom is -0.367 e. The summed E-state index contributed by atoms with van der Waals surface area (Å²) in [5.41, 5.74) is 2.81. The van der Waals surface area contributed by atoms with E-state index >= 15 is 0 Å². The normalized spacial score (nSPS) is 16.0. The van der Waals surface area contributed by atoms with Crippen molar-refractivity contribution in [3.63, 3.8) is 0 Å². The first-order valence-corrected chi connectivity index (χ1v) is 8.42. The molecule has 2 aromatic heterocycles. The highest BCUT2D eigenvalue weighted by atomic mass is 35.5. The van der Waals surface area contributed by atoms with Crippen LogP contribution in [-0.2, 0) is 6.54 Å². The number of rotatable bonds is 3. The van der Waals surface area contributed by atoms with Crippen LogP contribution in [0.15, 0.2) is 42.7 Å². The Kier molecular flexibility index (Phi) is 4.12. The maximum absolute atomic E-state index is 14.1. The Bertz CT molecular complexity index is 855. The predicted octanol–water partition coefficient (Wildman–Crippen LogP) is 3.68. The van der Waals surface area contributed by atoms with Gasteiger partial charge >= 0.3 is 0 Å². The average Bonchev–Trinajstić information content (AvgIpc) is 2.99. The highest BCUT2D eigenvalue weighted by Gasteiger charge is 2.20. The molecule has 4 rings (SSSR count). The number of H-pyrrole nitrogens is 1.